The minimum absolute atomic E-state index is 0.181. The van der Waals surface area contributed by atoms with Crippen LogP contribution in [0, 0.1) is 0 Å². The number of amides is 2. The molecule has 0 saturated carbocycles. The van der Waals surface area contributed by atoms with E-state index in [4.69, 9.17) is 4.74 Å². The van der Waals surface area contributed by atoms with Gasteiger partial charge in [-0.05, 0) is 25.5 Å². The molecule has 0 bridgehead atoms. The summed E-state index contributed by atoms with van der Waals surface area (Å²) in [7, 11) is 0. The van der Waals surface area contributed by atoms with Crippen molar-refractivity contribution in [1.82, 2.24) is 10.6 Å². The molecule has 1 saturated heterocycles. The minimum atomic E-state index is -0.577. The lowest BCUT2D eigenvalue weighted by Crippen LogP contribution is -2.44. The summed E-state index contributed by atoms with van der Waals surface area (Å²) in [6, 6.07) is 11.4. The van der Waals surface area contributed by atoms with Crippen molar-refractivity contribution >= 4 is 28.2 Å². The topological polar surface area (TPSA) is 70.7 Å². The Kier molecular flexibility index (Phi) is 6.47. The van der Waals surface area contributed by atoms with E-state index in [9.17, 15) is 9.59 Å². The smallest absolute Gasteiger partial charge is 0.262 e. The number of nitrogens with zero attached hydrogens (tertiary/aromatic N) is 1. The number of nitrogens with one attached hydrogen (secondary N) is 2. The molecule has 2 amide bonds. The van der Waals surface area contributed by atoms with E-state index in [2.05, 4.69) is 15.5 Å². The second-order valence-electron chi connectivity index (χ2n) is 6.38. The van der Waals surface area contributed by atoms with Gasteiger partial charge in [0.05, 0.1) is 23.1 Å². The van der Waals surface area contributed by atoms with Crippen LogP contribution < -0.4 is 15.5 Å². The quantitative estimate of drug-likeness (QED) is 0.799. The van der Waals surface area contributed by atoms with Gasteiger partial charge in [0.25, 0.3) is 5.91 Å². The monoisotopic (exact) mass is 387 g/mol. The van der Waals surface area contributed by atoms with Crippen molar-refractivity contribution in [3.63, 3.8) is 0 Å². The van der Waals surface area contributed by atoms with Crippen LogP contribution in [0.25, 0.3) is 11.1 Å². The van der Waals surface area contributed by atoms with Gasteiger partial charge in [0.15, 0.2) is 0 Å². The third-order valence-corrected chi connectivity index (χ3v) is 5.61. The number of thiophene rings is 1. The molecule has 3 rings (SSSR count). The summed E-state index contributed by atoms with van der Waals surface area (Å²) >= 11 is 1.46. The lowest BCUT2D eigenvalue weighted by molar-refractivity contribution is -0.122. The Hall–Kier alpha value is -2.38. The second-order valence-corrected chi connectivity index (χ2v) is 7.42. The van der Waals surface area contributed by atoms with Gasteiger partial charge in [-0.2, -0.15) is 0 Å². The molecule has 1 aliphatic rings. The SMILES string of the molecule is CCNC(=O)[C@H](C)NC(=O)c1cc(-c2ccccc2)c(N2CCOCC2)s1. The fourth-order valence-corrected chi connectivity index (χ4v) is 4.11. The molecule has 2 aromatic rings. The first-order valence-corrected chi connectivity index (χ1v) is 10.0. The molecule has 2 N–H and O–H groups in total. The molecule has 0 unspecified atom stereocenters. The zero-order valence-corrected chi connectivity index (χ0v) is 16.5. The lowest BCUT2D eigenvalue weighted by atomic mass is 10.1. The van der Waals surface area contributed by atoms with Crippen LogP contribution in [0.3, 0.4) is 0 Å². The van der Waals surface area contributed by atoms with E-state index in [1.165, 1.54) is 11.3 Å². The molecule has 1 aromatic carbocycles. The molecule has 1 aromatic heterocycles. The summed E-state index contributed by atoms with van der Waals surface area (Å²) in [5, 5.41) is 6.59. The summed E-state index contributed by atoms with van der Waals surface area (Å²) in [6.45, 7) is 7.05. The van der Waals surface area contributed by atoms with Crippen LogP contribution in [0.4, 0.5) is 5.00 Å². The van der Waals surface area contributed by atoms with Crippen molar-refractivity contribution in [1.29, 1.82) is 0 Å². The van der Waals surface area contributed by atoms with Gasteiger partial charge in [-0.25, -0.2) is 0 Å². The van der Waals surface area contributed by atoms with Crippen molar-refractivity contribution in [3.8, 4) is 11.1 Å². The van der Waals surface area contributed by atoms with Gasteiger partial charge in [-0.15, -0.1) is 11.3 Å². The first kappa shape index (κ1) is 19.4. The molecule has 0 spiro atoms. The standard InChI is InChI=1S/C20H25N3O3S/c1-3-21-18(24)14(2)22-19(25)17-13-16(15-7-5-4-6-8-15)20(27-17)23-9-11-26-12-10-23/h4-8,13-14H,3,9-12H2,1-2H3,(H,21,24)(H,22,25)/t14-/m0/s1. The number of benzene rings is 1. The Bertz CT molecular complexity index is 785. The maximum Gasteiger partial charge on any atom is 0.262 e. The molecule has 1 fully saturated rings. The highest BCUT2D eigenvalue weighted by Crippen LogP contribution is 2.39. The summed E-state index contributed by atoms with van der Waals surface area (Å²) in [5.41, 5.74) is 2.12. The Labute approximate surface area is 163 Å². The van der Waals surface area contributed by atoms with Crippen LogP contribution in [0.5, 0.6) is 0 Å². The summed E-state index contributed by atoms with van der Waals surface area (Å²) in [6.07, 6.45) is 0. The molecule has 0 radical (unpaired) electrons. The Balaban J connectivity index is 1.86. The highest BCUT2D eigenvalue weighted by Gasteiger charge is 2.23. The van der Waals surface area contributed by atoms with E-state index in [-0.39, 0.29) is 11.8 Å². The van der Waals surface area contributed by atoms with E-state index in [0.717, 1.165) is 29.2 Å². The van der Waals surface area contributed by atoms with Gasteiger partial charge in [0.1, 0.15) is 6.04 Å². The number of carbonyl (C=O) groups excluding carboxylic acids is 2. The second kappa shape index (κ2) is 9.01. The van der Waals surface area contributed by atoms with Gasteiger partial charge in [-0.1, -0.05) is 30.3 Å². The first-order valence-electron chi connectivity index (χ1n) is 9.20. The third-order valence-electron chi connectivity index (χ3n) is 4.41. The Morgan fingerprint density at radius 2 is 1.93 bits per heavy atom. The fraction of sp³-hybridized carbons (Fsp3) is 0.400. The summed E-state index contributed by atoms with van der Waals surface area (Å²) in [4.78, 5) is 27.5. The number of hydrogen-bond donors (Lipinski definition) is 2. The number of ether oxygens (including phenoxy) is 1. The maximum absolute atomic E-state index is 12.7. The van der Waals surface area contributed by atoms with Crippen LogP contribution >= 0.6 is 11.3 Å². The fourth-order valence-electron chi connectivity index (χ4n) is 2.98. The molecule has 27 heavy (non-hydrogen) atoms. The molecule has 144 valence electrons. The summed E-state index contributed by atoms with van der Waals surface area (Å²) in [5.74, 6) is -0.408. The first-order chi connectivity index (χ1) is 13.1. The minimum Gasteiger partial charge on any atom is -0.378 e. The average molecular weight is 388 g/mol. The third kappa shape index (κ3) is 4.67. The van der Waals surface area contributed by atoms with E-state index in [0.29, 0.717) is 24.6 Å². The van der Waals surface area contributed by atoms with Gasteiger partial charge >= 0.3 is 0 Å². The van der Waals surface area contributed by atoms with Gasteiger partial charge < -0.3 is 20.3 Å². The number of anilines is 1. The molecular weight excluding hydrogens is 362 g/mol. The molecule has 0 aliphatic carbocycles. The van der Waals surface area contributed by atoms with Gasteiger partial charge in [-0.3, -0.25) is 9.59 Å². The highest BCUT2D eigenvalue weighted by atomic mass is 32.1. The van der Waals surface area contributed by atoms with Crippen LogP contribution in [0.15, 0.2) is 36.4 Å². The van der Waals surface area contributed by atoms with Gasteiger partial charge in [0, 0.05) is 25.2 Å². The predicted molar refractivity (Wildman–Crippen MR) is 108 cm³/mol. The maximum atomic E-state index is 12.7. The largest absolute Gasteiger partial charge is 0.378 e. The normalized spacial score (nSPS) is 15.3. The van der Waals surface area contributed by atoms with Crippen LogP contribution in [-0.4, -0.2) is 50.7 Å². The van der Waals surface area contributed by atoms with Gasteiger partial charge in [0.2, 0.25) is 5.91 Å². The van der Waals surface area contributed by atoms with E-state index >= 15 is 0 Å². The number of likely N-dealkylation sites (N-methyl/N-ethyl adjacent to an activating group) is 1. The molecule has 2 heterocycles. The van der Waals surface area contributed by atoms with Crippen molar-refractivity contribution < 1.29 is 14.3 Å². The number of morpholine rings is 1. The number of carbonyl (C=O) groups is 2. The number of hydrogen-bond acceptors (Lipinski definition) is 5. The van der Waals surface area contributed by atoms with E-state index in [1.54, 1.807) is 6.92 Å². The summed E-state index contributed by atoms with van der Waals surface area (Å²) < 4.78 is 5.46. The zero-order valence-electron chi connectivity index (χ0n) is 15.7. The predicted octanol–water partition coefficient (Wildman–Crippen LogP) is 2.51. The van der Waals surface area contributed by atoms with Crippen molar-refractivity contribution in [2.75, 3.05) is 37.7 Å². The molecule has 7 heteroatoms. The lowest BCUT2D eigenvalue weighted by Gasteiger charge is -2.28. The van der Waals surface area contributed by atoms with Crippen LogP contribution in [0.1, 0.15) is 23.5 Å². The zero-order chi connectivity index (χ0) is 19.2. The van der Waals surface area contributed by atoms with Crippen LogP contribution in [-0.2, 0) is 9.53 Å². The van der Waals surface area contributed by atoms with Crippen LogP contribution in [0.2, 0.25) is 0 Å². The highest BCUT2D eigenvalue weighted by molar-refractivity contribution is 7.18. The average Bonchev–Trinajstić information content (AvgIpc) is 3.15. The number of rotatable bonds is 6. The van der Waals surface area contributed by atoms with Crippen molar-refractivity contribution in [3.05, 3.63) is 41.3 Å². The molecule has 1 atom stereocenters. The van der Waals surface area contributed by atoms with E-state index in [1.807, 2.05) is 43.3 Å². The Morgan fingerprint density at radius 1 is 1.22 bits per heavy atom. The molecular formula is C20H25N3O3S. The molecule has 1 aliphatic heterocycles. The molecule has 6 nitrogen and oxygen atoms in total. The van der Waals surface area contributed by atoms with Crippen molar-refractivity contribution in [2.45, 2.75) is 19.9 Å². The van der Waals surface area contributed by atoms with Crippen molar-refractivity contribution in [2.24, 2.45) is 0 Å². The van der Waals surface area contributed by atoms with E-state index < -0.39 is 6.04 Å². The Morgan fingerprint density at radius 3 is 2.59 bits per heavy atom.